The minimum atomic E-state index is -1.18. The van der Waals surface area contributed by atoms with Gasteiger partial charge in [0.15, 0.2) is 5.41 Å². The Balaban J connectivity index is 2.09. The van der Waals surface area contributed by atoms with Crippen molar-refractivity contribution in [3.63, 3.8) is 0 Å². The molecule has 2 aromatic rings. The van der Waals surface area contributed by atoms with Crippen LogP contribution >= 0.6 is 0 Å². The summed E-state index contributed by atoms with van der Waals surface area (Å²) in [5.41, 5.74) is -0.391. The Kier molecular flexibility index (Phi) is 5.35. The van der Waals surface area contributed by atoms with Crippen LogP contribution in [-0.4, -0.2) is 27.6 Å². The highest BCUT2D eigenvalue weighted by Crippen LogP contribution is 2.56. The molecular formula is C26H29NO3. The Morgan fingerprint density at radius 2 is 1.57 bits per heavy atom. The van der Waals surface area contributed by atoms with Crippen molar-refractivity contribution in [2.45, 2.75) is 63.3 Å². The molecule has 1 aliphatic heterocycles. The summed E-state index contributed by atoms with van der Waals surface area (Å²) < 4.78 is 0.979. The first-order valence-corrected chi connectivity index (χ1v) is 11.0. The lowest BCUT2D eigenvalue weighted by atomic mass is 9.52. The molecule has 1 spiro atoms. The lowest BCUT2D eigenvalue weighted by Crippen LogP contribution is -2.63. The van der Waals surface area contributed by atoms with Crippen LogP contribution in [-0.2, 0) is 15.0 Å². The fourth-order valence-corrected chi connectivity index (χ4v) is 5.78. The standard InChI is InChI=1S/C26H29NO3/c1-3-4-16-22-24(29)26(20-12-7-5-8-13-20,21-14-9-6-10-15-21)25(27(22)30)18-11-17-23(28)19(25)2/h5-10,12-15,19H,3-4,11,16-18H2,1-2H3. The molecule has 30 heavy (non-hydrogen) atoms. The van der Waals surface area contributed by atoms with Gasteiger partial charge in [0.25, 0.3) is 0 Å². The van der Waals surface area contributed by atoms with Crippen LogP contribution in [0.5, 0.6) is 0 Å². The average Bonchev–Trinajstić information content (AvgIpc) is 2.96. The van der Waals surface area contributed by atoms with Gasteiger partial charge in [-0.25, -0.2) is 0 Å². The number of unbranched alkanes of at least 4 members (excludes halogenated alkanes) is 1. The van der Waals surface area contributed by atoms with Crippen molar-refractivity contribution in [1.82, 2.24) is 0 Å². The topological polar surface area (TPSA) is 60.2 Å². The van der Waals surface area contributed by atoms with E-state index in [1.54, 1.807) is 0 Å². The van der Waals surface area contributed by atoms with Crippen molar-refractivity contribution in [1.29, 1.82) is 0 Å². The molecule has 2 aliphatic rings. The van der Waals surface area contributed by atoms with E-state index in [0.717, 1.165) is 28.7 Å². The van der Waals surface area contributed by atoms with Crippen LogP contribution in [0.1, 0.15) is 63.5 Å². The summed E-state index contributed by atoms with van der Waals surface area (Å²) in [6.07, 6.45) is 3.73. The predicted octanol–water partition coefficient (Wildman–Crippen LogP) is 4.82. The first-order chi connectivity index (χ1) is 14.5. The average molecular weight is 404 g/mol. The zero-order valence-corrected chi connectivity index (χ0v) is 17.8. The van der Waals surface area contributed by atoms with Gasteiger partial charge in [0.1, 0.15) is 5.78 Å². The molecule has 1 heterocycles. The van der Waals surface area contributed by atoms with E-state index in [9.17, 15) is 14.8 Å². The number of hydrogen-bond donors (Lipinski definition) is 0. The zero-order valence-electron chi connectivity index (χ0n) is 17.8. The fourth-order valence-electron chi connectivity index (χ4n) is 5.78. The van der Waals surface area contributed by atoms with Crippen LogP contribution in [0.2, 0.25) is 0 Å². The summed E-state index contributed by atoms with van der Waals surface area (Å²) in [6, 6.07) is 19.2. The maximum atomic E-state index is 14.3. The van der Waals surface area contributed by atoms with E-state index >= 15 is 0 Å². The smallest absolute Gasteiger partial charge is 0.244 e. The number of benzene rings is 2. The van der Waals surface area contributed by atoms with Gasteiger partial charge in [-0.3, -0.25) is 9.59 Å². The molecule has 0 amide bonds. The quantitative estimate of drug-likeness (QED) is 0.531. The van der Waals surface area contributed by atoms with Gasteiger partial charge in [-0.15, -0.1) is 0 Å². The number of ketones is 2. The van der Waals surface area contributed by atoms with E-state index in [1.165, 1.54) is 0 Å². The molecule has 2 atom stereocenters. The lowest BCUT2D eigenvalue weighted by molar-refractivity contribution is -0.562. The highest BCUT2D eigenvalue weighted by atomic mass is 16.5. The molecule has 0 N–H and O–H groups in total. The lowest BCUT2D eigenvalue weighted by Gasteiger charge is -2.47. The number of carbonyl (C=O) groups is 2. The van der Waals surface area contributed by atoms with Gasteiger partial charge in [0, 0.05) is 19.3 Å². The first kappa shape index (κ1) is 20.5. The second-order valence-corrected chi connectivity index (χ2v) is 8.62. The van der Waals surface area contributed by atoms with Gasteiger partial charge < -0.3 is 5.21 Å². The number of hydrogen-bond acceptors (Lipinski definition) is 3. The van der Waals surface area contributed by atoms with E-state index in [-0.39, 0.29) is 11.6 Å². The second-order valence-electron chi connectivity index (χ2n) is 8.62. The number of nitrogens with zero attached hydrogens (tertiary/aromatic N) is 1. The summed E-state index contributed by atoms with van der Waals surface area (Å²) in [4.78, 5) is 27.3. The Morgan fingerprint density at radius 1 is 1.00 bits per heavy atom. The van der Waals surface area contributed by atoms with Gasteiger partial charge in [-0.05, 0) is 30.9 Å². The third-order valence-corrected chi connectivity index (χ3v) is 7.22. The molecule has 0 saturated heterocycles. The minimum absolute atomic E-state index is 0.0721. The molecule has 2 aromatic carbocycles. The highest BCUT2D eigenvalue weighted by molar-refractivity contribution is 6.43. The molecule has 4 rings (SSSR count). The maximum absolute atomic E-state index is 14.3. The molecule has 2 unspecified atom stereocenters. The van der Waals surface area contributed by atoms with Crippen LogP contribution in [0.4, 0.5) is 0 Å². The normalized spacial score (nSPS) is 25.9. The minimum Gasteiger partial charge on any atom is -0.623 e. The van der Waals surface area contributed by atoms with E-state index in [4.69, 9.17) is 0 Å². The molecule has 1 fully saturated rings. The van der Waals surface area contributed by atoms with Crippen molar-refractivity contribution in [2.75, 3.05) is 0 Å². The fraction of sp³-hybridized carbons (Fsp3) is 0.423. The third kappa shape index (κ3) is 2.62. The Morgan fingerprint density at radius 3 is 2.10 bits per heavy atom. The van der Waals surface area contributed by atoms with Gasteiger partial charge in [0.05, 0.1) is 5.92 Å². The molecular weight excluding hydrogens is 374 g/mol. The SMILES string of the molecule is CCCCC1=[N+]([O-])C2(CCCC(=O)C2C)C(c2ccccc2)(c2ccccc2)C1=O. The highest BCUT2D eigenvalue weighted by Gasteiger charge is 2.74. The van der Waals surface area contributed by atoms with Gasteiger partial charge in [0.2, 0.25) is 17.0 Å². The van der Waals surface area contributed by atoms with Crippen LogP contribution in [0.3, 0.4) is 0 Å². The van der Waals surface area contributed by atoms with Crippen LogP contribution in [0.15, 0.2) is 60.7 Å². The Labute approximate surface area is 178 Å². The Bertz CT molecular complexity index is 940. The van der Waals surface area contributed by atoms with E-state index in [1.807, 2.05) is 67.6 Å². The van der Waals surface area contributed by atoms with Crippen LogP contribution in [0.25, 0.3) is 0 Å². The monoisotopic (exact) mass is 403 g/mol. The van der Waals surface area contributed by atoms with Gasteiger partial charge in [-0.2, -0.15) is 4.74 Å². The summed E-state index contributed by atoms with van der Waals surface area (Å²) in [7, 11) is 0. The van der Waals surface area contributed by atoms with Crippen LogP contribution in [0, 0.1) is 11.1 Å². The third-order valence-electron chi connectivity index (χ3n) is 7.22. The summed E-state index contributed by atoms with van der Waals surface area (Å²) in [5.74, 6) is -0.597. The summed E-state index contributed by atoms with van der Waals surface area (Å²) in [6.45, 7) is 3.91. The first-order valence-electron chi connectivity index (χ1n) is 11.0. The molecule has 0 bridgehead atoms. The van der Waals surface area contributed by atoms with E-state index < -0.39 is 16.9 Å². The number of rotatable bonds is 5. The molecule has 1 aliphatic carbocycles. The second kappa shape index (κ2) is 7.82. The number of Topliss-reactive ketones (excluding diaryl/α,β-unsaturated/α-hetero) is 2. The van der Waals surface area contributed by atoms with Crippen molar-refractivity contribution < 1.29 is 14.3 Å². The van der Waals surface area contributed by atoms with Crippen LogP contribution < -0.4 is 0 Å². The molecule has 1 saturated carbocycles. The zero-order chi connectivity index (χ0) is 21.4. The summed E-state index contributed by atoms with van der Waals surface area (Å²) >= 11 is 0. The number of hydroxylamine groups is 1. The predicted molar refractivity (Wildman–Crippen MR) is 118 cm³/mol. The van der Waals surface area contributed by atoms with E-state index in [0.29, 0.717) is 31.4 Å². The largest absolute Gasteiger partial charge is 0.623 e. The molecule has 4 heteroatoms. The van der Waals surface area contributed by atoms with Crippen molar-refractivity contribution in [3.05, 3.63) is 77.0 Å². The molecule has 0 radical (unpaired) electrons. The van der Waals surface area contributed by atoms with Crippen molar-refractivity contribution >= 4 is 17.3 Å². The number of carbonyl (C=O) groups excluding carboxylic acids is 2. The molecule has 156 valence electrons. The Hall–Kier alpha value is -2.75. The maximum Gasteiger partial charge on any atom is 0.244 e. The van der Waals surface area contributed by atoms with Gasteiger partial charge >= 0.3 is 0 Å². The van der Waals surface area contributed by atoms with Crippen molar-refractivity contribution in [3.8, 4) is 0 Å². The summed E-state index contributed by atoms with van der Waals surface area (Å²) in [5, 5.41) is 14.0. The van der Waals surface area contributed by atoms with E-state index in [2.05, 4.69) is 6.92 Å². The van der Waals surface area contributed by atoms with Gasteiger partial charge in [-0.1, -0.05) is 74.0 Å². The van der Waals surface area contributed by atoms with Crippen molar-refractivity contribution in [2.24, 2.45) is 5.92 Å². The molecule has 0 aromatic heterocycles. The molecule has 4 nitrogen and oxygen atoms in total.